The molecule has 0 unspecified atom stereocenters. The molecule has 0 fully saturated rings. The van der Waals surface area contributed by atoms with Crippen molar-refractivity contribution in [1.29, 1.82) is 0 Å². The van der Waals surface area contributed by atoms with E-state index in [9.17, 15) is 4.79 Å². The van der Waals surface area contributed by atoms with Crippen LogP contribution in [0.25, 0.3) is 0 Å². The number of nitrogens with two attached hydrogens (primary N) is 1. The van der Waals surface area contributed by atoms with Gasteiger partial charge in [0, 0.05) is 19.8 Å². The van der Waals surface area contributed by atoms with Crippen LogP contribution >= 0.6 is 0 Å². The van der Waals surface area contributed by atoms with E-state index in [0.717, 1.165) is 0 Å². The van der Waals surface area contributed by atoms with Gasteiger partial charge in [-0.2, -0.15) is 10.2 Å². The molecule has 0 aromatic carbocycles. The number of aryl methyl sites for hydroxylation is 2. The Morgan fingerprint density at radius 1 is 1.47 bits per heavy atom. The molecule has 0 aliphatic rings. The van der Waals surface area contributed by atoms with Crippen LogP contribution in [-0.2, 0) is 13.6 Å². The number of nitrogens with zero attached hydrogens (tertiary/aromatic N) is 4. The summed E-state index contributed by atoms with van der Waals surface area (Å²) in [5.41, 5.74) is 7.08. The van der Waals surface area contributed by atoms with Crippen LogP contribution in [0.4, 0.5) is 11.4 Å². The number of rotatable bonds is 3. The molecular weight excluding hydrogens is 220 g/mol. The first-order chi connectivity index (χ1) is 8.11. The van der Waals surface area contributed by atoms with E-state index in [-0.39, 0.29) is 5.91 Å². The molecule has 7 nitrogen and oxygen atoms in total. The summed E-state index contributed by atoms with van der Waals surface area (Å²) in [6.07, 6.45) is 4.75. The SMILES string of the molecule is CCn1ncc(N)c1C(=O)Nc1cnn(C)c1. The van der Waals surface area contributed by atoms with E-state index in [1.54, 1.807) is 28.8 Å². The molecule has 17 heavy (non-hydrogen) atoms. The normalized spacial score (nSPS) is 10.5. The molecule has 0 radical (unpaired) electrons. The lowest BCUT2D eigenvalue weighted by atomic mass is 10.3. The van der Waals surface area contributed by atoms with Crippen molar-refractivity contribution in [2.45, 2.75) is 13.5 Å². The molecule has 2 rings (SSSR count). The first-order valence-electron chi connectivity index (χ1n) is 5.23. The van der Waals surface area contributed by atoms with Gasteiger partial charge in [0.15, 0.2) is 0 Å². The average Bonchev–Trinajstić information content (AvgIpc) is 2.84. The fourth-order valence-corrected chi connectivity index (χ4v) is 1.56. The van der Waals surface area contributed by atoms with Crippen molar-refractivity contribution in [3.05, 3.63) is 24.3 Å². The van der Waals surface area contributed by atoms with E-state index >= 15 is 0 Å². The maximum absolute atomic E-state index is 12.0. The number of hydrogen-bond donors (Lipinski definition) is 2. The molecule has 1 amide bonds. The fraction of sp³-hybridized carbons (Fsp3) is 0.300. The smallest absolute Gasteiger partial charge is 0.276 e. The summed E-state index contributed by atoms with van der Waals surface area (Å²) >= 11 is 0. The van der Waals surface area contributed by atoms with Gasteiger partial charge < -0.3 is 11.1 Å². The molecule has 2 aromatic rings. The molecule has 2 heterocycles. The first kappa shape index (κ1) is 11.2. The Labute approximate surface area is 98.2 Å². The zero-order chi connectivity index (χ0) is 12.4. The van der Waals surface area contributed by atoms with Gasteiger partial charge in [-0.15, -0.1) is 0 Å². The Morgan fingerprint density at radius 3 is 2.82 bits per heavy atom. The molecule has 0 aliphatic carbocycles. The highest BCUT2D eigenvalue weighted by molar-refractivity contribution is 6.06. The van der Waals surface area contributed by atoms with Gasteiger partial charge in [0.25, 0.3) is 5.91 Å². The third-order valence-corrected chi connectivity index (χ3v) is 2.35. The topological polar surface area (TPSA) is 90.8 Å². The van der Waals surface area contributed by atoms with Crippen molar-refractivity contribution in [3.8, 4) is 0 Å². The van der Waals surface area contributed by atoms with Crippen molar-refractivity contribution in [3.63, 3.8) is 0 Å². The number of anilines is 2. The van der Waals surface area contributed by atoms with Gasteiger partial charge in [0.1, 0.15) is 5.69 Å². The van der Waals surface area contributed by atoms with Gasteiger partial charge in [0.2, 0.25) is 0 Å². The highest BCUT2D eigenvalue weighted by atomic mass is 16.2. The van der Waals surface area contributed by atoms with E-state index in [0.29, 0.717) is 23.6 Å². The molecule has 0 aliphatic heterocycles. The van der Waals surface area contributed by atoms with Gasteiger partial charge in [-0.05, 0) is 6.92 Å². The van der Waals surface area contributed by atoms with E-state index in [4.69, 9.17) is 5.73 Å². The fourth-order valence-electron chi connectivity index (χ4n) is 1.56. The monoisotopic (exact) mass is 234 g/mol. The molecular formula is C10H14N6O. The summed E-state index contributed by atoms with van der Waals surface area (Å²) in [7, 11) is 1.78. The third-order valence-electron chi connectivity index (χ3n) is 2.35. The second kappa shape index (κ2) is 4.28. The molecule has 2 aromatic heterocycles. The summed E-state index contributed by atoms with van der Waals surface area (Å²) in [5, 5.41) is 10.7. The number of hydrogen-bond acceptors (Lipinski definition) is 4. The summed E-state index contributed by atoms with van der Waals surface area (Å²) < 4.78 is 3.16. The van der Waals surface area contributed by atoms with Crippen LogP contribution in [0.1, 0.15) is 17.4 Å². The summed E-state index contributed by atoms with van der Waals surface area (Å²) in [6, 6.07) is 0. The van der Waals surface area contributed by atoms with Gasteiger partial charge in [-0.1, -0.05) is 0 Å². The molecule has 0 bridgehead atoms. The highest BCUT2D eigenvalue weighted by Crippen LogP contribution is 2.13. The number of amides is 1. The number of carbonyl (C=O) groups excluding carboxylic acids is 1. The molecule has 7 heteroatoms. The number of nitrogen functional groups attached to an aromatic ring is 1. The molecule has 0 spiro atoms. The zero-order valence-corrected chi connectivity index (χ0v) is 9.71. The van der Waals surface area contributed by atoms with Crippen LogP contribution < -0.4 is 11.1 Å². The van der Waals surface area contributed by atoms with Gasteiger partial charge in [0.05, 0.1) is 23.8 Å². The van der Waals surface area contributed by atoms with Crippen LogP contribution in [0.15, 0.2) is 18.6 Å². The molecule has 0 atom stereocenters. The second-order valence-electron chi connectivity index (χ2n) is 3.62. The summed E-state index contributed by atoms with van der Waals surface area (Å²) in [4.78, 5) is 12.0. The van der Waals surface area contributed by atoms with Crippen LogP contribution in [0.3, 0.4) is 0 Å². The van der Waals surface area contributed by atoms with E-state index < -0.39 is 0 Å². The van der Waals surface area contributed by atoms with E-state index in [1.807, 2.05) is 6.92 Å². The van der Waals surface area contributed by atoms with Gasteiger partial charge in [-0.3, -0.25) is 14.2 Å². The van der Waals surface area contributed by atoms with Crippen molar-refractivity contribution in [2.75, 3.05) is 11.1 Å². The Balaban J connectivity index is 2.22. The lowest BCUT2D eigenvalue weighted by molar-refractivity contribution is 0.101. The predicted molar refractivity (Wildman–Crippen MR) is 63.5 cm³/mol. The Morgan fingerprint density at radius 2 is 2.24 bits per heavy atom. The van der Waals surface area contributed by atoms with Crippen LogP contribution in [0, 0.1) is 0 Å². The van der Waals surface area contributed by atoms with Crippen molar-refractivity contribution in [2.24, 2.45) is 7.05 Å². The maximum atomic E-state index is 12.0. The molecule has 0 saturated carbocycles. The Kier molecular flexibility index (Phi) is 2.82. The van der Waals surface area contributed by atoms with Gasteiger partial charge >= 0.3 is 0 Å². The molecule has 3 N–H and O–H groups in total. The quantitative estimate of drug-likeness (QED) is 0.807. The first-order valence-corrected chi connectivity index (χ1v) is 5.23. The van der Waals surface area contributed by atoms with E-state index in [2.05, 4.69) is 15.5 Å². The predicted octanol–water partition coefficient (Wildman–Crippen LogP) is 0.471. The van der Waals surface area contributed by atoms with Crippen LogP contribution in [-0.4, -0.2) is 25.5 Å². The average molecular weight is 234 g/mol. The van der Waals surface area contributed by atoms with Gasteiger partial charge in [-0.25, -0.2) is 0 Å². The van der Waals surface area contributed by atoms with Crippen molar-refractivity contribution >= 4 is 17.3 Å². The van der Waals surface area contributed by atoms with Crippen LogP contribution in [0.5, 0.6) is 0 Å². The minimum Gasteiger partial charge on any atom is -0.396 e. The number of aromatic nitrogens is 4. The highest BCUT2D eigenvalue weighted by Gasteiger charge is 2.16. The minimum atomic E-state index is -0.283. The van der Waals surface area contributed by atoms with Crippen LogP contribution in [0.2, 0.25) is 0 Å². The van der Waals surface area contributed by atoms with Crippen molar-refractivity contribution in [1.82, 2.24) is 19.6 Å². The zero-order valence-electron chi connectivity index (χ0n) is 9.71. The second-order valence-corrected chi connectivity index (χ2v) is 3.62. The minimum absolute atomic E-state index is 0.283. The summed E-state index contributed by atoms with van der Waals surface area (Å²) in [5.74, 6) is -0.283. The molecule has 0 saturated heterocycles. The van der Waals surface area contributed by atoms with E-state index in [1.165, 1.54) is 6.20 Å². The third kappa shape index (κ3) is 2.12. The Bertz CT molecular complexity index is 541. The molecule has 90 valence electrons. The number of nitrogens with one attached hydrogen (secondary N) is 1. The standard InChI is InChI=1S/C10H14N6O/c1-3-16-9(8(11)5-13-16)10(17)14-7-4-12-15(2)6-7/h4-6H,3,11H2,1-2H3,(H,14,17). The van der Waals surface area contributed by atoms with Crippen molar-refractivity contribution < 1.29 is 4.79 Å². The lowest BCUT2D eigenvalue weighted by Gasteiger charge is -2.05. The Hall–Kier alpha value is -2.31. The largest absolute Gasteiger partial charge is 0.396 e. The summed E-state index contributed by atoms with van der Waals surface area (Å²) in [6.45, 7) is 2.49. The number of carbonyl (C=O) groups is 1. The maximum Gasteiger partial charge on any atom is 0.276 e. The lowest BCUT2D eigenvalue weighted by Crippen LogP contribution is -2.18.